The molecular weight excluding hydrogens is 284 g/mol. The van der Waals surface area contributed by atoms with E-state index in [2.05, 4.69) is 10.3 Å². The highest BCUT2D eigenvalue weighted by molar-refractivity contribution is 5.96. The molecule has 0 saturated heterocycles. The predicted molar refractivity (Wildman–Crippen MR) is 81.5 cm³/mol. The lowest BCUT2D eigenvalue weighted by atomic mass is 10.2. The molecule has 2 aromatic rings. The highest BCUT2D eigenvalue weighted by Crippen LogP contribution is 2.20. The van der Waals surface area contributed by atoms with Crippen molar-refractivity contribution in [2.24, 2.45) is 0 Å². The van der Waals surface area contributed by atoms with Gasteiger partial charge in [-0.1, -0.05) is 18.2 Å². The van der Waals surface area contributed by atoms with E-state index in [0.717, 1.165) is 11.3 Å². The maximum absolute atomic E-state index is 12.3. The number of benzene rings is 1. The highest BCUT2D eigenvalue weighted by atomic mass is 16.5. The molecule has 1 amide bonds. The molecule has 0 aliphatic carbocycles. The SMILES string of the molecule is COc1ccc(C(=O)NCc2ccccc2OC)c(OC)n1. The Morgan fingerprint density at radius 1 is 1.05 bits per heavy atom. The number of nitrogens with zero attached hydrogens (tertiary/aromatic N) is 1. The van der Waals surface area contributed by atoms with Gasteiger partial charge in [0, 0.05) is 18.2 Å². The summed E-state index contributed by atoms with van der Waals surface area (Å²) < 4.78 is 15.4. The lowest BCUT2D eigenvalue weighted by Crippen LogP contribution is -2.24. The smallest absolute Gasteiger partial charge is 0.257 e. The van der Waals surface area contributed by atoms with Crippen LogP contribution in [0.2, 0.25) is 0 Å². The molecular formula is C16H18N2O4. The van der Waals surface area contributed by atoms with Crippen molar-refractivity contribution in [2.75, 3.05) is 21.3 Å². The zero-order chi connectivity index (χ0) is 15.9. The molecule has 0 spiro atoms. The van der Waals surface area contributed by atoms with Crippen molar-refractivity contribution in [2.45, 2.75) is 6.54 Å². The Balaban J connectivity index is 2.12. The fourth-order valence-electron chi connectivity index (χ4n) is 1.99. The molecule has 0 unspecified atom stereocenters. The van der Waals surface area contributed by atoms with Gasteiger partial charge in [-0.05, 0) is 12.1 Å². The topological polar surface area (TPSA) is 69.7 Å². The molecule has 0 aliphatic heterocycles. The third kappa shape index (κ3) is 3.46. The number of carbonyl (C=O) groups excluding carboxylic acids is 1. The summed E-state index contributed by atoms with van der Waals surface area (Å²) in [5, 5.41) is 2.82. The lowest BCUT2D eigenvalue weighted by molar-refractivity contribution is 0.0946. The summed E-state index contributed by atoms with van der Waals surface area (Å²) in [4.78, 5) is 16.4. The van der Waals surface area contributed by atoms with Crippen LogP contribution < -0.4 is 19.5 Å². The van der Waals surface area contributed by atoms with Gasteiger partial charge in [-0.15, -0.1) is 0 Å². The molecule has 0 atom stereocenters. The van der Waals surface area contributed by atoms with E-state index in [1.54, 1.807) is 19.2 Å². The van der Waals surface area contributed by atoms with Crippen LogP contribution in [0.15, 0.2) is 36.4 Å². The first-order valence-corrected chi connectivity index (χ1v) is 6.68. The summed E-state index contributed by atoms with van der Waals surface area (Å²) in [6.45, 7) is 0.345. The Bertz CT molecular complexity index is 658. The maximum Gasteiger partial charge on any atom is 0.257 e. The molecule has 2 rings (SSSR count). The normalized spacial score (nSPS) is 9.95. The van der Waals surface area contributed by atoms with Crippen molar-refractivity contribution in [1.29, 1.82) is 0 Å². The van der Waals surface area contributed by atoms with Gasteiger partial charge in [0.2, 0.25) is 11.8 Å². The largest absolute Gasteiger partial charge is 0.496 e. The van der Waals surface area contributed by atoms with Crippen LogP contribution in [0.4, 0.5) is 0 Å². The number of ether oxygens (including phenoxy) is 3. The summed E-state index contributed by atoms with van der Waals surface area (Å²) in [5.74, 6) is 1.05. The van der Waals surface area contributed by atoms with Gasteiger partial charge in [-0.2, -0.15) is 4.98 Å². The van der Waals surface area contributed by atoms with Crippen LogP contribution in [-0.4, -0.2) is 32.2 Å². The van der Waals surface area contributed by atoms with Crippen molar-refractivity contribution in [3.8, 4) is 17.5 Å². The monoisotopic (exact) mass is 302 g/mol. The lowest BCUT2D eigenvalue weighted by Gasteiger charge is -2.11. The highest BCUT2D eigenvalue weighted by Gasteiger charge is 2.15. The Morgan fingerprint density at radius 2 is 1.82 bits per heavy atom. The molecule has 0 saturated carbocycles. The summed E-state index contributed by atoms with van der Waals surface area (Å²) in [7, 11) is 4.55. The van der Waals surface area contributed by atoms with E-state index < -0.39 is 0 Å². The number of aromatic nitrogens is 1. The predicted octanol–water partition coefficient (Wildman–Crippen LogP) is 2.04. The number of rotatable bonds is 6. The number of nitrogens with one attached hydrogen (secondary N) is 1. The second-order valence-electron chi connectivity index (χ2n) is 4.40. The second kappa shape index (κ2) is 7.31. The van der Waals surface area contributed by atoms with E-state index in [1.165, 1.54) is 14.2 Å². The molecule has 0 fully saturated rings. The number of hydrogen-bond donors (Lipinski definition) is 1. The van der Waals surface area contributed by atoms with E-state index in [-0.39, 0.29) is 11.8 Å². The van der Waals surface area contributed by atoms with Crippen LogP contribution in [0.25, 0.3) is 0 Å². The molecule has 0 radical (unpaired) electrons. The Kier molecular flexibility index (Phi) is 5.19. The Hall–Kier alpha value is -2.76. The summed E-state index contributed by atoms with van der Waals surface area (Å²) in [6, 6.07) is 10.7. The molecule has 1 aromatic carbocycles. The second-order valence-corrected chi connectivity index (χ2v) is 4.40. The van der Waals surface area contributed by atoms with Gasteiger partial charge in [0.25, 0.3) is 5.91 Å². The zero-order valence-corrected chi connectivity index (χ0v) is 12.8. The molecule has 116 valence electrons. The zero-order valence-electron chi connectivity index (χ0n) is 12.8. The van der Waals surface area contributed by atoms with E-state index in [0.29, 0.717) is 18.0 Å². The van der Waals surface area contributed by atoms with Crippen molar-refractivity contribution >= 4 is 5.91 Å². The number of carbonyl (C=O) groups is 1. The Labute approximate surface area is 129 Å². The summed E-state index contributed by atoms with van der Waals surface area (Å²) >= 11 is 0. The van der Waals surface area contributed by atoms with Crippen LogP contribution in [0, 0.1) is 0 Å². The molecule has 22 heavy (non-hydrogen) atoms. The van der Waals surface area contributed by atoms with E-state index >= 15 is 0 Å². The number of hydrogen-bond acceptors (Lipinski definition) is 5. The quantitative estimate of drug-likeness (QED) is 0.884. The van der Waals surface area contributed by atoms with E-state index in [9.17, 15) is 4.79 Å². The van der Waals surface area contributed by atoms with Gasteiger partial charge in [0.1, 0.15) is 11.3 Å². The van der Waals surface area contributed by atoms with Crippen LogP contribution in [0.3, 0.4) is 0 Å². The van der Waals surface area contributed by atoms with Gasteiger partial charge in [-0.25, -0.2) is 0 Å². The standard InChI is InChI=1S/C16H18N2O4/c1-20-13-7-5-4-6-11(13)10-17-15(19)12-8-9-14(21-2)18-16(12)22-3/h4-9H,10H2,1-3H3,(H,17,19). The number of methoxy groups -OCH3 is 3. The average molecular weight is 302 g/mol. The van der Waals surface area contributed by atoms with Gasteiger partial charge in [0.05, 0.1) is 21.3 Å². The average Bonchev–Trinajstić information content (AvgIpc) is 2.59. The summed E-state index contributed by atoms with van der Waals surface area (Å²) in [6.07, 6.45) is 0. The third-order valence-corrected chi connectivity index (χ3v) is 3.11. The van der Waals surface area contributed by atoms with Crippen LogP contribution in [-0.2, 0) is 6.54 Å². The fourth-order valence-corrected chi connectivity index (χ4v) is 1.99. The number of para-hydroxylation sites is 1. The molecule has 0 bridgehead atoms. The Morgan fingerprint density at radius 3 is 2.50 bits per heavy atom. The minimum atomic E-state index is -0.280. The van der Waals surface area contributed by atoms with Crippen molar-refractivity contribution in [3.05, 3.63) is 47.5 Å². The van der Waals surface area contributed by atoms with Crippen molar-refractivity contribution in [3.63, 3.8) is 0 Å². The van der Waals surface area contributed by atoms with Gasteiger partial charge in [-0.3, -0.25) is 4.79 Å². The van der Waals surface area contributed by atoms with E-state index in [4.69, 9.17) is 14.2 Å². The molecule has 0 aliphatic rings. The van der Waals surface area contributed by atoms with Crippen LogP contribution in [0.5, 0.6) is 17.5 Å². The molecule has 6 nitrogen and oxygen atoms in total. The first kappa shape index (κ1) is 15.6. The van der Waals surface area contributed by atoms with Gasteiger partial charge in [0.15, 0.2) is 0 Å². The molecule has 1 aromatic heterocycles. The van der Waals surface area contributed by atoms with E-state index in [1.807, 2.05) is 24.3 Å². The first-order valence-electron chi connectivity index (χ1n) is 6.68. The molecule has 1 N–H and O–H groups in total. The van der Waals surface area contributed by atoms with Crippen molar-refractivity contribution in [1.82, 2.24) is 10.3 Å². The minimum absolute atomic E-state index is 0.219. The van der Waals surface area contributed by atoms with Crippen LogP contribution in [0.1, 0.15) is 15.9 Å². The number of amides is 1. The third-order valence-electron chi connectivity index (χ3n) is 3.11. The first-order chi connectivity index (χ1) is 10.7. The minimum Gasteiger partial charge on any atom is -0.496 e. The summed E-state index contributed by atoms with van der Waals surface area (Å²) in [5.41, 5.74) is 1.23. The van der Waals surface area contributed by atoms with Gasteiger partial charge < -0.3 is 19.5 Å². The maximum atomic E-state index is 12.3. The van der Waals surface area contributed by atoms with Gasteiger partial charge >= 0.3 is 0 Å². The van der Waals surface area contributed by atoms with Crippen molar-refractivity contribution < 1.29 is 19.0 Å². The fraction of sp³-hybridized carbons (Fsp3) is 0.250. The number of pyridine rings is 1. The molecule has 1 heterocycles. The van der Waals surface area contributed by atoms with Crippen LogP contribution >= 0.6 is 0 Å². The molecule has 6 heteroatoms.